The second-order valence-electron chi connectivity index (χ2n) is 19.2. The average molecular weight is 955 g/mol. The van der Waals surface area contributed by atoms with Gasteiger partial charge >= 0.3 is 5.97 Å². The molecule has 344 valence electrons. The van der Waals surface area contributed by atoms with Gasteiger partial charge in [0.25, 0.3) is 11.8 Å². The Morgan fingerprint density at radius 3 is 1.50 bits per heavy atom. The molecule has 0 fully saturated rings. The fraction of sp³-hybridized carbons (Fsp3) is 0.150. The molecule has 0 bridgehead atoms. The van der Waals surface area contributed by atoms with Gasteiger partial charge in [0.1, 0.15) is 18.0 Å². The lowest BCUT2D eigenvalue weighted by atomic mass is 9.82. The first-order valence-corrected chi connectivity index (χ1v) is 24.8. The number of hydrogen-bond acceptors (Lipinski definition) is 8. The number of thiophene rings is 2. The quantitative estimate of drug-likeness (QED) is 0.136. The van der Waals surface area contributed by atoms with Crippen LogP contribution in [0.25, 0.3) is 63.7 Å². The first kappa shape index (κ1) is 43.5. The van der Waals surface area contributed by atoms with Gasteiger partial charge in [0, 0.05) is 63.9 Å². The molecule has 0 radical (unpaired) electrons. The van der Waals surface area contributed by atoms with Gasteiger partial charge in [-0.15, -0.1) is 22.7 Å². The minimum atomic E-state index is -1.24. The Bertz CT molecular complexity index is 3570. The number of ether oxygens (including phenoxy) is 2. The Morgan fingerprint density at radius 2 is 0.957 bits per heavy atom. The van der Waals surface area contributed by atoms with Crippen LogP contribution in [-0.4, -0.2) is 48.6 Å². The van der Waals surface area contributed by atoms with E-state index in [1.165, 1.54) is 44.5 Å². The summed E-state index contributed by atoms with van der Waals surface area (Å²) in [4.78, 5) is 45.8. The first-order valence-electron chi connectivity index (χ1n) is 23.2. The molecule has 12 rings (SSSR count). The van der Waals surface area contributed by atoms with Gasteiger partial charge in [-0.2, -0.15) is 0 Å². The van der Waals surface area contributed by atoms with E-state index in [4.69, 9.17) is 9.47 Å². The number of benzene rings is 7. The lowest BCUT2D eigenvalue weighted by Gasteiger charge is -2.30. The summed E-state index contributed by atoms with van der Waals surface area (Å²) >= 11 is 3.39. The van der Waals surface area contributed by atoms with E-state index in [1.54, 1.807) is 55.1 Å². The number of nitrogens with zero attached hydrogens (tertiary/aromatic N) is 2. The molecule has 0 saturated heterocycles. The SMILES string of the molecule is COc1ccc2c(c1)C(C)(C)c1cc(N(c3ccc(-c4ccc(-c5ccc(-c6ccc7c8c(cccc68)C(=O)N(CC(=O)O)C7=O)s5)s4)cc3)c3ccc4c(c3)C(C)(C)c3cc(OC)ccc3-4)ccc1-2. The van der Waals surface area contributed by atoms with Crippen molar-refractivity contribution in [2.75, 3.05) is 25.7 Å². The molecule has 7 aromatic carbocycles. The standard InChI is InChI=1S/C60H46N2O6S2/c1-59(2)47-28-35(14-18-39(47)41-20-16-37(67-5)30-49(41)59)62(36-15-19-40-42-21-17-38(68-6)31-50(42)60(3,4)48(40)29-36)34-12-10-33(11-13-34)51-24-26-53(69-51)54-27-25-52(70-54)43-22-23-46-56-44(43)8-7-9-45(56)57(65)61(58(46)66)32-55(63)64/h7-31H,32H2,1-6H3,(H,63,64). The lowest BCUT2D eigenvalue weighted by molar-refractivity contribution is -0.137. The second kappa shape index (κ2) is 15.9. The van der Waals surface area contributed by atoms with E-state index in [0.29, 0.717) is 16.5 Å². The number of rotatable bonds is 10. The summed E-state index contributed by atoms with van der Waals surface area (Å²) < 4.78 is 11.4. The van der Waals surface area contributed by atoms with Gasteiger partial charge in [0.15, 0.2) is 0 Å². The summed E-state index contributed by atoms with van der Waals surface area (Å²) in [6, 6.07) is 53.0. The van der Waals surface area contributed by atoms with E-state index in [2.05, 4.69) is 142 Å². The molecule has 10 heteroatoms. The van der Waals surface area contributed by atoms with Gasteiger partial charge < -0.3 is 19.5 Å². The van der Waals surface area contributed by atoms with Crippen LogP contribution in [0, 0.1) is 0 Å². The molecule has 0 spiro atoms. The van der Waals surface area contributed by atoms with E-state index >= 15 is 0 Å². The zero-order valence-electron chi connectivity index (χ0n) is 39.3. The smallest absolute Gasteiger partial charge is 0.323 e. The average Bonchev–Trinajstić information content (AvgIpc) is 4.16. The number of imide groups is 1. The zero-order valence-corrected chi connectivity index (χ0v) is 41.0. The Hall–Kier alpha value is -7.79. The van der Waals surface area contributed by atoms with Crippen LogP contribution in [0.3, 0.4) is 0 Å². The molecular weight excluding hydrogens is 909 g/mol. The highest BCUT2D eigenvalue weighted by atomic mass is 32.1. The van der Waals surface area contributed by atoms with Crippen LogP contribution in [0.4, 0.5) is 17.1 Å². The highest BCUT2D eigenvalue weighted by Crippen LogP contribution is 2.54. The number of anilines is 3. The highest BCUT2D eigenvalue weighted by molar-refractivity contribution is 7.25. The van der Waals surface area contributed by atoms with Crippen LogP contribution in [0.2, 0.25) is 0 Å². The number of aliphatic carboxylic acids is 1. The van der Waals surface area contributed by atoms with E-state index in [9.17, 15) is 19.5 Å². The molecule has 70 heavy (non-hydrogen) atoms. The number of methoxy groups -OCH3 is 2. The van der Waals surface area contributed by atoms with E-state index < -0.39 is 24.3 Å². The predicted molar refractivity (Wildman–Crippen MR) is 282 cm³/mol. The van der Waals surface area contributed by atoms with Crippen molar-refractivity contribution >= 4 is 68.3 Å². The molecule has 2 amide bonds. The zero-order chi connectivity index (χ0) is 48.4. The van der Waals surface area contributed by atoms with E-state index in [0.717, 1.165) is 69.5 Å². The highest BCUT2D eigenvalue weighted by Gasteiger charge is 2.39. The number of carboxylic acid groups (broad SMARTS) is 1. The van der Waals surface area contributed by atoms with Gasteiger partial charge in [-0.25, -0.2) is 0 Å². The van der Waals surface area contributed by atoms with Crippen LogP contribution < -0.4 is 14.4 Å². The lowest BCUT2D eigenvalue weighted by Crippen LogP contribution is -2.43. The summed E-state index contributed by atoms with van der Waals surface area (Å²) in [5, 5.41) is 10.7. The molecular formula is C60H46N2O6S2. The molecule has 3 aliphatic rings. The van der Waals surface area contributed by atoms with Crippen molar-refractivity contribution in [1.29, 1.82) is 0 Å². The van der Waals surface area contributed by atoms with E-state index in [1.807, 2.05) is 24.3 Å². The summed E-state index contributed by atoms with van der Waals surface area (Å²) in [6.07, 6.45) is 0. The number of fused-ring (bicyclic) bond motifs is 6. The molecule has 0 atom stereocenters. The van der Waals surface area contributed by atoms with Crippen molar-refractivity contribution in [1.82, 2.24) is 4.90 Å². The topological polar surface area (TPSA) is 96.4 Å². The summed E-state index contributed by atoms with van der Waals surface area (Å²) in [7, 11) is 3.45. The maximum Gasteiger partial charge on any atom is 0.323 e. The maximum atomic E-state index is 13.3. The molecule has 0 saturated carbocycles. The second-order valence-corrected chi connectivity index (χ2v) is 21.4. The van der Waals surface area contributed by atoms with Crippen molar-refractivity contribution in [3.8, 4) is 64.4 Å². The minimum Gasteiger partial charge on any atom is -0.497 e. The van der Waals surface area contributed by atoms with Gasteiger partial charge in [-0.3, -0.25) is 19.3 Å². The van der Waals surface area contributed by atoms with Crippen LogP contribution in [-0.2, 0) is 15.6 Å². The fourth-order valence-electron chi connectivity index (χ4n) is 11.0. The maximum absolute atomic E-state index is 13.3. The number of amides is 2. The van der Waals surface area contributed by atoms with Crippen LogP contribution >= 0.6 is 22.7 Å². The molecule has 1 N–H and O–H groups in total. The third kappa shape index (κ3) is 6.57. The molecule has 8 nitrogen and oxygen atoms in total. The van der Waals surface area contributed by atoms with Crippen molar-refractivity contribution < 1.29 is 29.0 Å². The molecule has 3 heterocycles. The summed E-state index contributed by atoms with van der Waals surface area (Å²) in [6.45, 7) is 8.52. The van der Waals surface area contributed by atoms with E-state index in [-0.39, 0.29) is 10.8 Å². The number of carboxylic acids is 1. The van der Waals surface area contributed by atoms with Gasteiger partial charge in [-0.05, 0) is 158 Å². The van der Waals surface area contributed by atoms with Crippen molar-refractivity contribution in [3.63, 3.8) is 0 Å². The monoisotopic (exact) mass is 954 g/mol. The van der Waals surface area contributed by atoms with Gasteiger partial charge in [0.05, 0.1) is 14.2 Å². The van der Waals surface area contributed by atoms with Crippen molar-refractivity contribution in [3.05, 3.63) is 185 Å². The van der Waals surface area contributed by atoms with Crippen LogP contribution in [0.15, 0.2) is 152 Å². The Kier molecular flexibility index (Phi) is 9.87. The largest absolute Gasteiger partial charge is 0.497 e. The van der Waals surface area contributed by atoms with Crippen LogP contribution in [0.1, 0.15) is 70.7 Å². The molecule has 2 aromatic heterocycles. The first-order chi connectivity index (χ1) is 33.7. The normalized spacial score (nSPS) is 14.6. The molecule has 2 aliphatic carbocycles. The fourth-order valence-corrected chi connectivity index (χ4v) is 13.2. The number of carbonyl (C=O) groups is 3. The number of carbonyl (C=O) groups excluding carboxylic acids is 2. The Balaban J connectivity index is 0.887. The molecule has 9 aromatic rings. The van der Waals surface area contributed by atoms with Crippen molar-refractivity contribution in [2.24, 2.45) is 0 Å². The Morgan fingerprint density at radius 1 is 0.514 bits per heavy atom. The molecule has 1 aliphatic heterocycles. The summed E-state index contributed by atoms with van der Waals surface area (Å²) in [5.41, 5.74) is 15.4. The van der Waals surface area contributed by atoms with Crippen molar-refractivity contribution in [2.45, 2.75) is 38.5 Å². The third-order valence-electron chi connectivity index (χ3n) is 14.7. The minimum absolute atomic E-state index is 0.242. The number of hydrogen-bond donors (Lipinski definition) is 1. The third-order valence-corrected chi connectivity index (χ3v) is 17.1. The Labute approximate surface area is 413 Å². The van der Waals surface area contributed by atoms with Gasteiger partial charge in [0.2, 0.25) is 0 Å². The molecule has 0 unspecified atom stereocenters. The van der Waals surface area contributed by atoms with Gasteiger partial charge in [-0.1, -0.05) is 82.3 Å². The summed E-state index contributed by atoms with van der Waals surface area (Å²) in [5.74, 6) is -0.717. The predicted octanol–water partition coefficient (Wildman–Crippen LogP) is 14.7. The van der Waals surface area contributed by atoms with Crippen LogP contribution in [0.5, 0.6) is 11.5 Å².